The molecule has 1 fully saturated rings. The van der Waals surface area contributed by atoms with Crippen molar-refractivity contribution in [2.45, 2.75) is 43.4 Å². The largest absolute Gasteiger partial charge is 0.107 e. The summed E-state index contributed by atoms with van der Waals surface area (Å²) in [5, 5.41) is 0. The van der Waals surface area contributed by atoms with Crippen molar-refractivity contribution in [3.8, 4) is 0 Å². The lowest BCUT2D eigenvalue weighted by Gasteiger charge is -2.17. The molecule has 0 bridgehead atoms. The van der Waals surface area contributed by atoms with Crippen LogP contribution in [-0.2, 0) is 0 Å². The zero-order chi connectivity index (χ0) is 9.30. The molecule has 1 rings (SSSR count). The first-order valence-electron chi connectivity index (χ1n) is 5.23. The Balaban J connectivity index is 2.33. The molecule has 0 aromatic heterocycles. The van der Waals surface area contributed by atoms with E-state index < -0.39 is 0 Å². The topological polar surface area (TPSA) is 0 Å². The summed E-state index contributed by atoms with van der Waals surface area (Å²) in [6.07, 6.45) is 2.74. The molecule has 12 heavy (non-hydrogen) atoms. The van der Waals surface area contributed by atoms with Crippen molar-refractivity contribution in [2.75, 3.05) is 0 Å². The van der Waals surface area contributed by atoms with E-state index in [0.717, 1.165) is 27.5 Å². The van der Waals surface area contributed by atoms with Gasteiger partial charge in [-0.25, -0.2) is 0 Å². The third kappa shape index (κ3) is 2.18. The third-order valence-electron chi connectivity index (χ3n) is 3.64. The highest BCUT2D eigenvalue weighted by molar-refractivity contribution is 14.1. The summed E-state index contributed by atoms with van der Waals surface area (Å²) in [6, 6.07) is 0. The van der Waals surface area contributed by atoms with Crippen LogP contribution < -0.4 is 0 Å². The van der Waals surface area contributed by atoms with Crippen LogP contribution in [0.15, 0.2) is 0 Å². The zero-order valence-corrected chi connectivity index (χ0v) is 10.8. The van der Waals surface area contributed by atoms with Crippen molar-refractivity contribution in [3.63, 3.8) is 0 Å². The number of rotatable bonds is 4. The molecule has 0 aromatic rings. The van der Waals surface area contributed by atoms with Crippen LogP contribution in [0.3, 0.4) is 0 Å². The molecule has 70 valence electrons. The van der Waals surface area contributed by atoms with Crippen molar-refractivity contribution in [1.82, 2.24) is 0 Å². The molecule has 0 saturated heterocycles. The maximum atomic E-state index is 2.64. The summed E-state index contributed by atoms with van der Waals surface area (Å²) >= 11 is 2.64. The average Bonchev–Trinajstić information content (AvgIpc) is 2.59. The fourth-order valence-corrected chi connectivity index (χ4v) is 3.54. The molecule has 0 amide bonds. The van der Waals surface area contributed by atoms with E-state index in [9.17, 15) is 0 Å². The van der Waals surface area contributed by atoms with Crippen LogP contribution in [0.1, 0.15) is 33.6 Å². The van der Waals surface area contributed by atoms with Gasteiger partial charge in [-0.15, -0.1) is 0 Å². The SMILES string of the molecule is BC(C(I)CCC)C1C(C)[C@@H]1C. The molecule has 1 aliphatic carbocycles. The quantitative estimate of drug-likeness (QED) is 0.421. The van der Waals surface area contributed by atoms with E-state index in [1.807, 2.05) is 0 Å². The fraction of sp³-hybridized carbons (Fsp3) is 1.00. The summed E-state index contributed by atoms with van der Waals surface area (Å²) in [4.78, 5) is 0. The van der Waals surface area contributed by atoms with Gasteiger partial charge in [0.25, 0.3) is 0 Å². The Bertz CT molecular complexity index is 141. The normalized spacial score (nSPS) is 39.2. The minimum Gasteiger partial charge on any atom is -0.0831 e. The maximum Gasteiger partial charge on any atom is 0.107 e. The highest BCUT2D eigenvalue weighted by Gasteiger charge is 2.47. The summed E-state index contributed by atoms with van der Waals surface area (Å²) in [7, 11) is 2.44. The minimum absolute atomic E-state index is 0.907. The van der Waals surface area contributed by atoms with Gasteiger partial charge in [0.1, 0.15) is 7.85 Å². The first kappa shape index (κ1) is 10.9. The van der Waals surface area contributed by atoms with Gasteiger partial charge in [-0.1, -0.05) is 55.6 Å². The maximum absolute atomic E-state index is 2.64. The van der Waals surface area contributed by atoms with Crippen molar-refractivity contribution >= 4 is 30.4 Å². The minimum atomic E-state index is 0.907. The molecule has 1 aliphatic rings. The van der Waals surface area contributed by atoms with E-state index >= 15 is 0 Å². The Labute approximate surface area is 91.4 Å². The lowest BCUT2D eigenvalue weighted by molar-refractivity contribution is 0.609. The first-order valence-corrected chi connectivity index (χ1v) is 6.48. The Hall–Kier alpha value is 0.795. The van der Waals surface area contributed by atoms with Gasteiger partial charge in [-0.3, -0.25) is 0 Å². The monoisotopic (exact) mass is 278 g/mol. The summed E-state index contributed by atoms with van der Waals surface area (Å²) in [5.41, 5.74) is 0. The van der Waals surface area contributed by atoms with Gasteiger partial charge in [0.2, 0.25) is 0 Å². The highest BCUT2D eigenvalue weighted by atomic mass is 127. The predicted octanol–water partition coefficient (Wildman–Crippen LogP) is 2.91. The van der Waals surface area contributed by atoms with E-state index in [-0.39, 0.29) is 0 Å². The Morgan fingerprint density at radius 1 is 1.33 bits per heavy atom. The van der Waals surface area contributed by atoms with Crippen molar-refractivity contribution < 1.29 is 0 Å². The van der Waals surface area contributed by atoms with E-state index in [2.05, 4.69) is 51.2 Å². The molecule has 0 aliphatic heterocycles. The Kier molecular flexibility index (Phi) is 3.93. The standard InChI is InChI=1S/C10H20BI/c1-4-5-8(12)10(11)9-6(2)7(9)3/h6-10H,4-5,11H2,1-3H3/t6-,7?,8?,9?,10?/m0/s1. The van der Waals surface area contributed by atoms with E-state index in [4.69, 9.17) is 0 Å². The molecule has 0 N–H and O–H groups in total. The first-order chi connectivity index (χ1) is 5.59. The Morgan fingerprint density at radius 2 is 1.83 bits per heavy atom. The van der Waals surface area contributed by atoms with Gasteiger partial charge < -0.3 is 0 Å². The van der Waals surface area contributed by atoms with Crippen LogP contribution in [0.5, 0.6) is 0 Å². The summed E-state index contributed by atoms with van der Waals surface area (Å²) in [6.45, 7) is 7.10. The Morgan fingerprint density at radius 3 is 2.17 bits per heavy atom. The molecular formula is C10H20BI. The van der Waals surface area contributed by atoms with Crippen LogP contribution in [0, 0.1) is 17.8 Å². The van der Waals surface area contributed by atoms with Gasteiger partial charge in [0.15, 0.2) is 0 Å². The van der Waals surface area contributed by atoms with Gasteiger partial charge in [-0.05, 0) is 24.2 Å². The summed E-state index contributed by atoms with van der Waals surface area (Å²) in [5.74, 6) is 3.96. The average molecular weight is 278 g/mol. The van der Waals surface area contributed by atoms with Gasteiger partial charge in [-0.2, -0.15) is 0 Å². The lowest BCUT2D eigenvalue weighted by Crippen LogP contribution is -2.11. The van der Waals surface area contributed by atoms with E-state index in [0.29, 0.717) is 0 Å². The van der Waals surface area contributed by atoms with Crippen molar-refractivity contribution in [2.24, 2.45) is 17.8 Å². The third-order valence-corrected chi connectivity index (χ3v) is 5.40. The molecule has 2 heteroatoms. The van der Waals surface area contributed by atoms with Crippen LogP contribution in [0.4, 0.5) is 0 Å². The molecule has 1 saturated carbocycles. The number of alkyl halides is 1. The second-order valence-corrected chi connectivity index (χ2v) is 6.06. The van der Waals surface area contributed by atoms with Crippen LogP contribution in [0.2, 0.25) is 5.82 Å². The van der Waals surface area contributed by atoms with E-state index in [1.54, 1.807) is 0 Å². The smallest absolute Gasteiger partial charge is 0.0831 e. The number of halogens is 1. The summed E-state index contributed by atoms with van der Waals surface area (Å²) < 4.78 is 0.907. The zero-order valence-electron chi connectivity index (χ0n) is 8.68. The van der Waals surface area contributed by atoms with E-state index in [1.165, 1.54) is 12.8 Å². The molecule has 0 spiro atoms. The van der Waals surface area contributed by atoms with Crippen molar-refractivity contribution in [3.05, 3.63) is 0 Å². The second kappa shape index (κ2) is 4.34. The number of hydrogen-bond donors (Lipinski definition) is 0. The number of hydrogen-bond acceptors (Lipinski definition) is 0. The predicted molar refractivity (Wildman–Crippen MR) is 66.8 cm³/mol. The molecule has 0 nitrogen and oxygen atoms in total. The molecule has 4 unspecified atom stereocenters. The van der Waals surface area contributed by atoms with Gasteiger partial charge in [0, 0.05) is 3.92 Å². The molecular weight excluding hydrogens is 258 g/mol. The lowest BCUT2D eigenvalue weighted by atomic mass is 9.78. The van der Waals surface area contributed by atoms with Crippen LogP contribution >= 0.6 is 22.6 Å². The van der Waals surface area contributed by atoms with Crippen LogP contribution in [-0.4, -0.2) is 11.8 Å². The van der Waals surface area contributed by atoms with Gasteiger partial charge >= 0.3 is 0 Å². The molecule has 5 atom stereocenters. The van der Waals surface area contributed by atoms with Crippen molar-refractivity contribution in [1.29, 1.82) is 0 Å². The molecule has 0 heterocycles. The molecule has 0 radical (unpaired) electrons. The second-order valence-electron chi connectivity index (χ2n) is 4.46. The highest BCUT2D eigenvalue weighted by Crippen LogP contribution is 2.54. The fourth-order valence-electron chi connectivity index (χ4n) is 2.44. The van der Waals surface area contributed by atoms with Crippen LogP contribution in [0.25, 0.3) is 0 Å². The van der Waals surface area contributed by atoms with Gasteiger partial charge in [0.05, 0.1) is 0 Å². The molecule has 0 aromatic carbocycles.